The second kappa shape index (κ2) is 8.48. The second-order valence-corrected chi connectivity index (χ2v) is 5.85. The second-order valence-electron chi connectivity index (χ2n) is 5.85. The van der Waals surface area contributed by atoms with Gasteiger partial charge in [-0.05, 0) is 19.4 Å². The SMILES string of the molecule is COC(=O)C[C@](O)(CC#CC(C)(C)OCc1ccccc1)C(=O)O. The maximum absolute atomic E-state index is 11.2. The Balaban J connectivity index is 2.69. The van der Waals surface area contributed by atoms with Crippen LogP contribution in [0.15, 0.2) is 30.3 Å². The first kappa shape index (κ1) is 19.7. The van der Waals surface area contributed by atoms with E-state index in [1.54, 1.807) is 13.8 Å². The predicted octanol–water partition coefficient (Wildman–Crippen LogP) is 1.75. The molecule has 0 aliphatic heterocycles. The molecule has 0 spiro atoms. The molecule has 0 fully saturated rings. The number of carboxylic acids is 1. The third kappa shape index (κ3) is 6.41. The minimum absolute atomic E-state index is 0.355. The minimum atomic E-state index is -2.28. The van der Waals surface area contributed by atoms with Crippen LogP contribution >= 0.6 is 0 Å². The number of esters is 1. The van der Waals surface area contributed by atoms with E-state index < -0.39 is 36.0 Å². The van der Waals surface area contributed by atoms with Crippen LogP contribution in [0.4, 0.5) is 0 Å². The number of carbonyl (C=O) groups excluding carboxylic acids is 1. The van der Waals surface area contributed by atoms with Gasteiger partial charge in [-0.15, -0.1) is 0 Å². The molecule has 1 rings (SSSR count). The summed E-state index contributed by atoms with van der Waals surface area (Å²) in [6.07, 6.45) is -1.08. The number of carboxylic acid groups (broad SMARTS) is 1. The number of carbonyl (C=O) groups is 2. The topological polar surface area (TPSA) is 93.1 Å². The summed E-state index contributed by atoms with van der Waals surface area (Å²) in [6, 6.07) is 9.54. The van der Waals surface area contributed by atoms with E-state index >= 15 is 0 Å². The molecule has 0 heterocycles. The van der Waals surface area contributed by atoms with E-state index in [0.29, 0.717) is 6.61 Å². The van der Waals surface area contributed by atoms with E-state index in [2.05, 4.69) is 16.6 Å². The highest BCUT2D eigenvalue weighted by atomic mass is 16.5. The van der Waals surface area contributed by atoms with Crippen LogP contribution in [0.1, 0.15) is 32.3 Å². The lowest BCUT2D eigenvalue weighted by molar-refractivity contribution is -0.165. The Hall–Kier alpha value is -2.36. The summed E-state index contributed by atoms with van der Waals surface area (Å²) < 4.78 is 10.1. The quantitative estimate of drug-likeness (QED) is 0.583. The van der Waals surface area contributed by atoms with Gasteiger partial charge in [0.05, 0.1) is 20.1 Å². The molecule has 0 saturated heterocycles. The van der Waals surface area contributed by atoms with E-state index in [0.717, 1.165) is 12.7 Å². The molecule has 0 radical (unpaired) electrons. The van der Waals surface area contributed by atoms with Crippen LogP contribution in [0.3, 0.4) is 0 Å². The number of hydrogen-bond donors (Lipinski definition) is 2. The standard InChI is InChI=1S/C18H22O6/c1-17(2,24-13-14-8-5-4-6-9-14)10-7-11-18(22,16(20)21)12-15(19)23-3/h4-6,8-9,22H,11-13H2,1-3H3,(H,20,21)/t18-/m1/s1. The first-order valence-corrected chi connectivity index (χ1v) is 7.39. The fraction of sp³-hybridized carbons (Fsp3) is 0.444. The zero-order chi connectivity index (χ0) is 18.2. The van der Waals surface area contributed by atoms with Gasteiger partial charge in [0.2, 0.25) is 0 Å². The van der Waals surface area contributed by atoms with Crippen LogP contribution in [0.2, 0.25) is 0 Å². The summed E-state index contributed by atoms with van der Waals surface area (Å²) in [7, 11) is 1.12. The van der Waals surface area contributed by atoms with Gasteiger partial charge < -0.3 is 19.7 Å². The van der Waals surface area contributed by atoms with Crippen molar-refractivity contribution in [2.24, 2.45) is 0 Å². The molecule has 0 aromatic heterocycles. The van der Waals surface area contributed by atoms with Gasteiger partial charge in [-0.3, -0.25) is 4.79 Å². The summed E-state index contributed by atoms with van der Waals surface area (Å²) >= 11 is 0. The van der Waals surface area contributed by atoms with E-state index in [4.69, 9.17) is 9.84 Å². The smallest absolute Gasteiger partial charge is 0.337 e. The lowest BCUT2D eigenvalue weighted by Crippen LogP contribution is -2.40. The fourth-order valence-corrected chi connectivity index (χ4v) is 1.80. The van der Waals surface area contributed by atoms with Crippen molar-refractivity contribution in [3.63, 3.8) is 0 Å². The van der Waals surface area contributed by atoms with Gasteiger partial charge in [-0.25, -0.2) is 4.79 Å². The van der Waals surface area contributed by atoms with Crippen molar-refractivity contribution in [1.29, 1.82) is 0 Å². The predicted molar refractivity (Wildman–Crippen MR) is 86.9 cm³/mol. The number of aliphatic hydroxyl groups is 1. The highest BCUT2D eigenvalue weighted by molar-refractivity contribution is 5.84. The van der Waals surface area contributed by atoms with Gasteiger partial charge in [0.15, 0.2) is 5.60 Å². The van der Waals surface area contributed by atoms with Crippen molar-refractivity contribution in [3.05, 3.63) is 35.9 Å². The van der Waals surface area contributed by atoms with Gasteiger partial charge in [0.25, 0.3) is 0 Å². The Morgan fingerprint density at radius 3 is 2.38 bits per heavy atom. The van der Waals surface area contributed by atoms with Crippen molar-refractivity contribution in [2.75, 3.05) is 7.11 Å². The Kier molecular flexibility index (Phi) is 6.96. The third-order valence-corrected chi connectivity index (χ3v) is 3.28. The van der Waals surface area contributed by atoms with Crippen LogP contribution in [0.25, 0.3) is 0 Å². The largest absolute Gasteiger partial charge is 0.479 e. The number of hydrogen-bond acceptors (Lipinski definition) is 5. The first-order chi connectivity index (χ1) is 11.2. The first-order valence-electron chi connectivity index (χ1n) is 7.39. The lowest BCUT2D eigenvalue weighted by atomic mass is 9.95. The Bertz CT molecular complexity index is 626. The van der Waals surface area contributed by atoms with Gasteiger partial charge in [-0.1, -0.05) is 42.2 Å². The normalized spacial score (nSPS) is 13.3. The molecular formula is C18H22O6. The highest BCUT2D eigenvalue weighted by Gasteiger charge is 2.38. The molecule has 0 aliphatic carbocycles. The molecule has 1 atom stereocenters. The maximum Gasteiger partial charge on any atom is 0.337 e. The summed E-state index contributed by atoms with van der Waals surface area (Å²) in [5, 5.41) is 19.2. The average molecular weight is 334 g/mol. The van der Waals surface area contributed by atoms with Gasteiger partial charge in [-0.2, -0.15) is 0 Å². The Labute approximate surface area is 141 Å². The Morgan fingerprint density at radius 2 is 1.83 bits per heavy atom. The number of ether oxygens (including phenoxy) is 2. The van der Waals surface area contributed by atoms with Crippen molar-refractivity contribution < 1.29 is 29.3 Å². The molecule has 2 N–H and O–H groups in total. The highest BCUT2D eigenvalue weighted by Crippen LogP contribution is 2.17. The van der Waals surface area contributed by atoms with Gasteiger partial charge >= 0.3 is 11.9 Å². The minimum Gasteiger partial charge on any atom is -0.479 e. The molecule has 6 nitrogen and oxygen atoms in total. The molecule has 1 aromatic carbocycles. The maximum atomic E-state index is 11.2. The summed E-state index contributed by atoms with van der Waals surface area (Å²) in [5.74, 6) is 3.04. The number of rotatable bonds is 7. The number of benzene rings is 1. The van der Waals surface area contributed by atoms with E-state index in [-0.39, 0.29) is 0 Å². The van der Waals surface area contributed by atoms with Gasteiger partial charge in [0, 0.05) is 6.42 Å². The molecule has 0 bridgehead atoms. The molecule has 0 amide bonds. The molecule has 24 heavy (non-hydrogen) atoms. The van der Waals surface area contributed by atoms with Crippen molar-refractivity contribution in [1.82, 2.24) is 0 Å². The summed E-state index contributed by atoms with van der Waals surface area (Å²) in [4.78, 5) is 22.4. The summed E-state index contributed by atoms with van der Waals surface area (Å²) in [6.45, 7) is 3.83. The molecule has 0 aliphatic rings. The van der Waals surface area contributed by atoms with E-state index in [1.165, 1.54) is 0 Å². The number of methoxy groups -OCH3 is 1. The van der Waals surface area contributed by atoms with Crippen LogP contribution in [0.5, 0.6) is 0 Å². The molecule has 130 valence electrons. The third-order valence-electron chi connectivity index (χ3n) is 3.28. The molecule has 0 saturated carbocycles. The number of aliphatic carboxylic acids is 1. The van der Waals surface area contributed by atoms with Crippen LogP contribution < -0.4 is 0 Å². The molecular weight excluding hydrogens is 312 g/mol. The van der Waals surface area contributed by atoms with Crippen LogP contribution in [-0.4, -0.2) is 40.5 Å². The molecule has 1 aromatic rings. The fourth-order valence-electron chi connectivity index (χ4n) is 1.80. The van der Waals surface area contributed by atoms with Crippen LogP contribution in [-0.2, 0) is 25.7 Å². The zero-order valence-electron chi connectivity index (χ0n) is 14.0. The zero-order valence-corrected chi connectivity index (χ0v) is 14.0. The average Bonchev–Trinajstić information content (AvgIpc) is 2.53. The van der Waals surface area contributed by atoms with Gasteiger partial charge in [0.1, 0.15) is 5.60 Å². The molecule has 6 heteroatoms. The van der Waals surface area contributed by atoms with Crippen molar-refractivity contribution in [2.45, 2.75) is 44.5 Å². The van der Waals surface area contributed by atoms with Crippen molar-refractivity contribution >= 4 is 11.9 Å². The monoisotopic (exact) mass is 334 g/mol. The van der Waals surface area contributed by atoms with E-state index in [9.17, 15) is 14.7 Å². The Morgan fingerprint density at radius 1 is 1.21 bits per heavy atom. The van der Waals surface area contributed by atoms with E-state index in [1.807, 2.05) is 30.3 Å². The van der Waals surface area contributed by atoms with Crippen LogP contribution in [0, 0.1) is 11.8 Å². The molecule has 0 unspecified atom stereocenters. The van der Waals surface area contributed by atoms with Crippen molar-refractivity contribution in [3.8, 4) is 11.8 Å². The summed E-state index contributed by atoms with van der Waals surface area (Å²) in [5.41, 5.74) is -2.13. The lowest BCUT2D eigenvalue weighted by Gasteiger charge is -2.21.